The molecule has 0 atom stereocenters. The fourth-order valence-corrected chi connectivity index (χ4v) is 2.94. The van der Waals surface area contributed by atoms with Gasteiger partial charge in [-0.2, -0.15) is 0 Å². The molecule has 1 heterocycles. The Morgan fingerprint density at radius 3 is 2.78 bits per heavy atom. The first-order chi connectivity index (χ1) is 11.2. The van der Waals surface area contributed by atoms with Crippen molar-refractivity contribution in [3.05, 3.63) is 48.4 Å². The summed E-state index contributed by atoms with van der Waals surface area (Å²) in [5.41, 5.74) is 0.854. The van der Waals surface area contributed by atoms with Crippen LogP contribution in [0.2, 0.25) is 0 Å². The molecular weight excluding hydrogens is 292 g/mol. The van der Waals surface area contributed by atoms with E-state index in [0.29, 0.717) is 11.4 Å². The molecule has 1 aromatic carbocycles. The van der Waals surface area contributed by atoms with Crippen molar-refractivity contribution in [3.8, 4) is 0 Å². The number of anilines is 2. The molecule has 1 fully saturated rings. The summed E-state index contributed by atoms with van der Waals surface area (Å²) in [5.74, 6) is 0.455. The van der Waals surface area contributed by atoms with Crippen molar-refractivity contribution in [1.29, 1.82) is 0 Å². The van der Waals surface area contributed by atoms with Crippen molar-refractivity contribution >= 4 is 17.4 Å². The molecule has 0 radical (unpaired) electrons. The molecule has 0 bridgehead atoms. The minimum absolute atomic E-state index is 0.0176. The molecule has 120 valence electrons. The highest BCUT2D eigenvalue weighted by molar-refractivity contribution is 5.95. The van der Waals surface area contributed by atoms with Crippen LogP contribution in [0.3, 0.4) is 0 Å². The van der Waals surface area contributed by atoms with Gasteiger partial charge < -0.3 is 15.7 Å². The lowest BCUT2D eigenvalue weighted by atomic mass is 9.98. The fourth-order valence-electron chi connectivity index (χ4n) is 2.94. The Hall–Kier alpha value is -2.47. The molecule has 6 heteroatoms. The molecule has 0 aliphatic heterocycles. The third-order valence-electron chi connectivity index (χ3n) is 4.20. The van der Waals surface area contributed by atoms with Crippen LogP contribution in [0, 0.1) is 0 Å². The van der Waals surface area contributed by atoms with E-state index in [-0.39, 0.29) is 12.5 Å². The standard InChI is InChI=1S/C17H20N4O2/c22-12-17(6-1-2-7-17)21-16(23)13-4-3-5-14(10-13)20-15-11-18-8-9-19-15/h3-5,8-11,22H,1-2,6-7,12H2,(H,19,20)(H,21,23). The van der Waals surface area contributed by atoms with Crippen LogP contribution in [0.5, 0.6) is 0 Å². The van der Waals surface area contributed by atoms with Gasteiger partial charge in [0.25, 0.3) is 5.91 Å². The Morgan fingerprint density at radius 1 is 1.26 bits per heavy atom. The average Bonchev–Trinajstić information content (AvgIpc) is 3.05. The number of nitrogens with zero attached hydrogens (tertiary/aromatic N) is 2. The smallest absolute Gasteiger partial charge is 0.251 e. The van der Waals surface area contributed by atoms with Gasteiger partial charge in [-0.15, -0.1) is 0 Å². The van der Waals surface area contributed by atoms with E-state index in [4.69, 9.17) is 0 Å². The summed E-state index contributed by atoms with van der Waals surface area (Å²) in [6.45, 7) is -0.0176. The summed E-state index contributed by atoms with van der Waals surface area (Å²) in [4.78, 5) is 20.6. The predicted molar refractivity (Wildman–Crippen MR) is 87.5 cm³/mol. The molecule has 0 saturated heterocycles. The lowest BCUT2D eigenvalue weighted by Crippen LogP contribution is -2.49. The van der Waals surface area contributed by atoms with Crippen LogP contribution in [-0.4, -0.2) is 33.1 Å². The van der Waals surface area contributed by atoms with Crippen LogP contribution < -0.4 is 10.6 Å². The van der Waals surface area contributed by atoms with Crippen molar-refractivity contribution in [2.45, 2.75) is 31.2 Å². The van der Waals surface area contributed by atoms with E-state index >= 15 is 0 Å². The number of aromatic nitrogens is 2. The van der Waals surface area contributed by atoms with Crippen molar-refractivity contribution in [2.75, 3.05) is 11.9 Å². The summed E-state index contributed by atoms with van der Waals surface area (Å²) < 4.78 is 0. The zero-order valence-electron chi connectivity index (χ0n) is 12.8. The van der Waals surface area contributed by atoms with Crippen molar-refractivity contribution in [1.82, 2.24) is 15.3 Å². The molecule has 23 heavy (non-hydrogen) atoms. The van der Waals surface area contributed by atoms with Crippen LogP contribution in [0.4, 0.5) is 11.5 Å². The topological polar surface area (TPSA) is 87.1 Å². The number of carbonyl (C=O) groups is 1. The van der Waals surface area contributed by atoms with Gasteiger partial charge in [0.15, 0.2) is 0 Å². The van der Waals surface area contributed by atoms with E-state index in [1.54, 1.807) is 30.7 Å². The van der Waals surface area contributed by atoms with E-state index in [1.807, 2.05) is 12.1 Å². The van der Waals surface area contributed by atoms with E-state index < -0.39 is 5.54 Å². The van der Waals surface area contributed by atoms with Crippen molar-refractivity contribution < 1.29 is 9.90 Å². The molecule has 1 aliphatic carbocycles. The third-order valence-corrected chi connectivity index (χ3v) is 4.20. The first-order valence-electron chi connectivity index (χ1n) is 7.77. The quantitative estimate of drug-likeness (QED) is 0.788. The van der Waals surface area contributed by atoms with Gasteiger partial charge in [-0.05, 0) is 31.0 Å². The summed E-state index contributed by atoms with van der Waals surface area (Å²) in [5, 5.41) is 15.7. The molecular formula is C17H20N4O2. The molecule has 0 spiro atoms. The SMILES string of the molecule is O=C(NC1(CO)CCCC1)c1cccc(Nc2cnccn2)c1. The lowest BCUT2D eigenvalue weighted by molar-refractivity contribution is 0.0838. The lowest BCUT2D eigenvalue weighted by Gasteiger charge is -2.28. The maximum Gasteiger partial charge on any atom is 0.251 e. The molecule has 1 aliphatic rings. The number of benzene rings is 1. The highest BCUT2D eigenvalue weighted by atomic mass is 16.3. The van der Waals surface area contributed by atoms with Gasteiger partial charge >= 0.3 is 0 Å². The van der Waals surface area contributed by atoms with Crippen molar-refractivity contribution in [3.63, 3.8) is 0 Å². The summed E-state index contributed by atoms with van der Waals surface area (Å²) in [7, 11) is 0. The normalized spacial score (nSPS) is 16.0. The maximum absolute atomic E-state index is 12.5. The van der Waals surface area contributed by atoms with Gasteiger partial charge in [-0.1, -0.05) is 18.9 Å². The number of carbonyl (C=O) groups excluding carboxylic acids is 1. The number of nitrogens with one attached hydrogen (secondary N) is 2. The molecule has 1 amide bonds. The Balaban J connectivity index is 1.73. The Labute approximate surface area is 135 Å². The minimum Gasteiger partial charge on any atom is -0.394 e. The van der Waals surface area contributed by atoms with Crippen LogP contribution in [-0.2, 0) is 0 Å². The zero-order chi connectivity index (χ0) is 16.1. The average molecular weight is 312 g/mol. The molecule has 2 aromatic rings. The monoisotopic (exact) mass is 312 g/mol. The number of hydrogen-bond donors (Lipinski definition) is 3. The summed E-state index contributed by atoms with van der Waals surface area (Å²) in [6.07, 6.45) is 8.55. The van der Waals surface area contributed by atoms with Gasteiger partial charge in [0.2, 0.25) is 0 Å². The molecule has 3 rings (SSSR count). The van der Waals surface area contributed by atoms with Gasteiger partial charge in [0.1, 0.15) is 5.82 Å². The predicted octanol–water partition coefficient (Wildman–Crippen LogP) is 2.26. The second kappa shape index (κ2) is 6.75. The van der Waals surface area contributed by atoms with Crippen LogP contribution >= 0.6 is 0 Å². The minimum atomic E-state index is -0.467. The van der Waals surface area contributed by atoms with Crippen LogP contribution in [0.15, 0.2) is 42.9 Å². The number of amides is 1. The Bertz CT molecular complexity index is 669. The fraction of sp³-hybridized carbons (Fsp3) is 0.353. The number of aliphatic hydroxyl groups excluding tert-OH is 1. The first kappa shape index (κ1) is 15.4. The summed E-state index contributed by atoms with van der Waals surface area (Å²) >= 11 is 0. The Morgan fingerprint density at radius 2 is 2.09 bits per heavy atom. The first-order valence-corrected chi connectivity index (χ1v) is 7.77. The zero-order valence-corrected chi connectivity index (χ0v) is 12.8. The highest BCUT2D eigenvalue weighted by Gasteiger charge is 2.34. The molecule has 1 aromatic heterocycles. The van der Waals surface area contributed by atoms with Crippen molar-refractivity contribution in [2.24, 2.45) is 0 Å². The number of hydrogen-bond acceptors (Lipinski definition) is 5. The van der Waals surface area contributed by atoms with Gasteiger partial charge in [-0.3, -0.25) is 9.78 Å². The number of aliphatic hydroxyl groups is 1. The van der Waals surface area contributed by atoms with Gasteiger partial charge in [-0.25, -0.2) is 4.98 Å². The van der Waals surface area contributed by atoms with Gasteiger partial charge in [0.05, 0.1) is 18.3 Å². The third kappa shape index (κ3) is 3.65. The van der Waals surface area contributed by atoms with E-state index in [1.165, 1.54) is 0 Å². The molecule has 0 unspecified atom stereocenters. The van der Waals surface area contributed by atoms with Gasteiger partial charge in [0, 0.05) is 23.6 Å². The van der Waals surface area contributed by atoms with Crippen LogP contribution in [0.1, 0.15) is 36.0 Å². The largest absolute Gasteiger partial charge is 0.394 e. The van der Waals surface area contributed by atoms with E-state index in [2.05, 4.69) is 20.6 Å². The highest BCUT2D eigenvalue weighted by Crippen LogP contribution is 2.29. The maximum atomic E-state index is 12.5. The van der Waals surface area contributed by atoms with Crippen LogP contribution in [0.25, 0.3) is 0 Å². The summed E-state index contributed by atoms with van der Waals surface area (Å²) in [6, 6.07) is 7.21. The Kier molecular flexibility index (Phi) is 4.52. The van der Waals surface area contributed by atoms with E-state index in [9.17, 15) is 9.90 Å². The second-order valence-corrected chi connectivity index (χ2v) is 5.90. The van der Waals surface area contributed by atoms with E-state index in [0.717, 1.165) is 31.4 Å². The molecule has 1 saturated carbocycles. The second-order valence-electron chi connectivity index (χ2n) is 5.90. The number of rotatable bonds is 5. The molecule has 3 N–H and O–H groups in total. The molecule has 6 nitrogen and oxygen atoms in total.